The Morgan fingerprint density at radius 3 is 2.29 bits per heavy atom. The van der Waals surface area contributed by atoms with E-state index in [0.717, 1.165) is 44.1 Å². The Hall–Kier alpha value is -4.50. The molecule has 0 amide bonds. The van der Waals surface area contributed by atoms with E-state index in [0.29, 0.717) is 17.1 Å². The van der Waals surface area contributed by atoms with Crippen LogP contribution in [0.2, 0.25) is 0 Å². The number of ether oxygens (including phenoxy) is 2. The quantitative estimate of drug-likeness (QED) is 0.282. The number of nitrogens with one attached hydrogen (secondary N) is 2. The molecule has 0 unspecified atom stereocenters. The fourth-order valence-electron chi connectivity index (χ4n) is 6.19. The Balaban J connectivity index is 0.000000743. The average molecular weight is 630 g/mol. The maximum Gasteiger partial charge on any atom is 0.339 e. The number of benzene rings is 3. The van der Waals surface area contributed by atoms with Crippen LogP contribution in [-0.2, 0) is 4.74 Å². The fraction of sp³-hybridized carbons (Fsp3) is 0.265. The molecule has 3 aromatic carbocycles. The molecular weight excluding hydrogens is 598 g/mol. The highest BCUT2D eigenvalue weighted by Gasteiger charge is 2.31. The fourth-order valence-corrected chi connectivity index (χ4v) is 6.19. The predicted octanol–water partition coefficient (Wildman–Crippen LogP) is -0.533. The largest absolute Gasteiger partial charge is 0.456 e. The lowest BCUT2D eigenvalue weighted by Gasteiger charge is -2.33. The number of halogens is 1. The second-order valence-corrected chi connectivity index (χ2v) is 13.0. The van der Waals surface area contributed by atoms with E-state index in [1.165, 1.54) is 11.1 Å². The maximum absolute atomic E-state index is 13.1. The van der Waals surface area contributed by atoms with Gasteiger partial charge in [0.1, 0.15) is 17.6 Å². The molecule has 0 radical (unpaired) electrons. The van der Waals surface area contributed by atoms with Crippen LogP contribution in [0.25, 0.3) is 16.7 Å². The zero-order chi connectivity index (χ0) is 32.9. The van der Waals surface area contributed by atoms with Gasteiger partial charge in [-0.15, -0.1) is 10.2 Å². The van der Waals surface area contributed by atoms with E-state index in [2.05, 4.69) is 88.3 Å². The van der Waals surface area contributed by atoms with Gasteiger partial charge in [-0.05, 0) is 68.7 Å². The summed E-state index contributed by atoms with van der Waals surface area (Å²) >= 11 is 0. The summed E-state index contributed by atoms with van der Waals surface area (Å²) in [7, 11) is -4.94. The summed E-state index contributed by atoms with van der Waals surface area (Å²) in [5, 5.41) is 14.5. The van der Waals surface area contributed by atoms with Gasteiger partial charge >= 0.3 is 5.97 Å². The summed E-state index contributed by atoms with van der Waals surface area (Å²) < 4.78 is 45.9. The van der Waals surface area contributed by atoms with Crippen molar-refractivity contribution >= 4 is 28.4 Å². The summed E-state index contributed by atoms with van der Waals surface area (Å²) in [6, 6.07) is 17.7. The van der Waals surface area contributed by atoms with Crippen LogP contribution in [0.3, 0.4) is 0 Å². The van der Waals surface area contributed by atoms with Crippen molar-refractivity contribution in [1.29, 1.82) is 5.26 Å². The van der Waals surface area contributed by atoms with Crippen molar-refractivity contribution in [2.24, 2.45) is 0 Å². The highest BCUT2D eigenvalue weighted by Crippen LogP contribution is 2.44. The Bertz CT molecular complexity index is 1960. The second-order valence-electron chi connectivity index (χ2n) is 12.3. The first-order chi connectivity index (χ1) is 21.0. The molecule has 0 aliphatic carbocycles. The average Bonchev–Trinajstić information content (AvgIpc) is 2.91. The van der Waals surface area contributed by atoms with Crippen LogP contribution in [0.1, 0.15) is 74.2 Å². The molecule has 3 aliphatic rings. The van der Waals surface area contributed by atoms with Gasteiger partial charge in [0.2, 0.25) is 5.36 Å². The summed E-state index contributed by atoms with van der Waals surface area (Å²) in [5.41, 5.74) is 8.05. The van der Waals surface area contributed by atoms with Gasteiger partial charge in [-0.2, -0.15) is 5.26 Å². The number of fused-ring (bicyclic) bond motifs is 4. The first-order valence-electron chi connectivity index (χ1n) is 14.1. The molecule has 2 N–H and O–H groups in total. The second kappa shape index (κ2) is 11.5. The first-order valence-corrected chi connectivity index (χ1v) is 15.3. The molecule has 45 heavy (non-hydrogen) atoms. The minimum Gasteiger partial charge on any atom is -0.456 e. The monoisotopic (exact) mass is 629 g/mol. The van der Waals surface area contributed by atoms with Crippen molar-refractivity contribution in [3.63, 3.8) is 0 Å². The molecule has 3 heterocycles. The SMILES string of the molecule is CC1=CC(C)(C)Nc2cc3c(cc21)C(c1ccccc1C(=O)OCC#N)=c1cc2c(cc1O3)=[NH+]C(C)(C)C=C2C.[O-][Cl+3]([O-])([O-])[O-]. The van der Waals surface area contributed by atoms with Crippen LogP contribution >= 0.6 is 0 Å². The Labute approximate surface area is 262 Å². The number of hydrogen-bond acceptors (Lipinski definition) is 9. The van der Waals surface area contributed by atoms with Gasteiger partial charge in [0, 0.05) is 53.1 Å². The Morgan fingerprint density at radius 1 is 0.933 bits per heavy atom. The molecule has 10 nitrogen and oxygen atoms in total. The van der Waals surface area contributed by atoms with E-state index in [4.69, 9.17) is 33.4 Å². The number of hydrogen-bond donors (Lipinski definition) is 2. The topological polar surface area (TPSA) is 178 Å². The molecule has 0 saturated heterocycles. The van der Waals surface area contributed by atoms with Crippen LogP contribution < -0.4 is 44.3 Å². The molecule has 0 aromatic heterocycles. The zero-order valence-electron chi connectivity index (χ0n) is 25.7. The third-order valence-electron chi connectivity index (χ3n) is 7.60. The van der Waals surface area contributed by atoms with Crippen molar-refractivity contribution in [3.05, 3.63) is 99.1 Å². The number of anilines is 1. The lowest BCUT2D eigenvalue weighted by molar-refractivity contribution is -2.00. The summed E-state index contributed by atoms with van der Waals surface area (Å²) in [6.07, 6.45) is 4.45. The van der Waals surface area contributed by atoms with Gasteiger partial charge in [-0.3, -0.25) is 0 Å². The maximum atomic E-state index is 13.1. The highest BCUT2D eigenvalue weighted by atomic mass is 35.7. The highest BCUT2D eigenvalue weighted by molar-refractivity contribution is 6.00. The number of nitriles is 1. The van der Waals surface area contributed by atoms with Gasteiger partial charge in [-0.25, -0.2) is 28.4 Å². The van der Waals surface area contributed by atoms with Crippen molar-refractivity contribution in [1.82, 2.24) is 0 Å². The third kappa shape index (κ3) is 6.78. The lowest BCUT2D eigenvalue weighted by Crippen LogP contribution is -2.89. The van der Waals surface area contributed by atoms with Crippen molar-refractivity contribution in [2.45, 2.75) is 52.6 Å². The first kappa shape index (κ1) is 31.9. The standard InChI is InChI=1S/C34H31N3O3.ClHO4/c1-19-17-33(3,4)36-27-15-29-25(13-23(19)27)31(21-9-7-8-10-22(21)32(38)39-12-11-35)26-14-24-20(2)18-34(5,6)37-28(24)16-30(26)40-29;2-1(3,4)5/h7-10,13-18,36H,12H2,1-6H3;(H,2,3,4,5). The molecule has 6 rings (SSSR count). The van der Waals surface area contributed by atoms with Crippen molar-refractivity contribution < 1.29 is 48.1 Å². The minimum absolute atomic E-state index is 0.194. The Morgan fingerprint density at radius 2 is 1.60 bits per heavy atom. The van der Waals surface area contributed by atoms with Gasteiger partial charge in [0.15, 0.2) is 12.1 Å². The van der Waals surface area contributed by atoms with Crippen molar-refractivity contribution in [2.75, 3.05) is 11.9 Å². The zero-order valence-corrected chi connectivity index (χ0v) is 26.4. The van der Waals surface area contributed by atoms with Gasteiger partial charge in [0.05, 0.1) is 17.2 Å². The Kier molecular flexibility index (Phi) is 8.12. The number of esters is 1. The summed E-state index contributed by atoms with van der Waals surface area (Å²) in [6.45, 7) is 12.5. The van der Waals surface area contributed by atoms with Crippen LogP contribution in [0.15, 0.2) is 60.7 Å². The van der Waals surface area contributed by atoms with E-state index >= 15 is 0 Å². The molecule has 0 fully saturated rings. The number of carbonyl (C=O) groups is 1. The van der Waals surface area contributed by atoms with Crippen LogP contribution in [0.5, 0.6) is 11.5 Å². The molecule has 3 aliphatic heterocycles. The van der Waals surface area contributed by atoms with E-state index in [1.807, 2.05) is 24.3 Å². The van der Waals surface area contributed by atoms with E-state index in [-0.39, 0.29) is 17.7 Å². The molecule has 0 atom stereocenters. The van der Waals surface area contributed by atoms with Gasteiger partial charge in [-0.1, -0.05) is 24.3 Å². The smallest absolute Gasteiger partial charge is 0.339 e. The molecule has 0 saturated carbocycles. The number of nitrogens with zero attached hydrogens (tertiary/aromatic N) is 1. The number of allylic oxidation sites excluding steroid dienone is 2. The van der Waals surface area contributed by atoms with Crippen LogP contribution in [0.4, 0.5) is 5.69 Å². The molecular formula is C34H32ClN3O7. The molecule has 11 heteroatoms. The lowest BCUT2D eigenvalue weighted by atomic mass is 9.84. The van der Waals surface area contributed by atoms with Gasteiger partial charge in [0.25, 0.3) is 0 Å². The molecule has 0 bridgehead atoms. The molecule has 232 valence electrons. The predicted molar refractivity (Wildman–Crippen MR) is 155 cm³/mol. The molecule has 3 aromatic rings. The summed E-state index contributed by atoms with van der Waals surface area (Å²) in [4.78, 5) is 16.8. The third-order valence-corrected chi connectivity index (χ3v) is 7.60. The summed E-state index contributed by atoms with van der Waals surface area (Å²) in [5.74, 6) is 0.887. The van der Waals surface area contributed by atoms with Crippen LogP contribution in [0, 0.1) is 21.6 Å². The van der Waals surface area contributed by atoms with E-state index < -0.39 is 16.2 Å². The number of carbonyl (C=O) groups excluding carboxylic acids is 1. The van der Waals surface area contributed by atoms with Gasteiger partial charge < -0.3 is 14.8 Å². The normalized spacial score (nSPS) is 16.6. The van der Waals surface area contributed by atoms with Crippen LogP contribution in [-0.4, -0.2) is 23.7 Å². The van der Waals surface area contributed by atoms with Crippen molar-refractivity contribution in [3.8, 4) is 17.6 Å². The number of rotatable bonds is 3. The molecule has 0 spiro atoms. The van der Waals surface area contributed by atoms with E-state index in [1.54, 1.807) is 6.07 Å². The van der Waals surface area contributed by atoms with E-state index in [9.17, 15) is 4.79 Å². The minimum atomic E-state index is -4.94.